The minimum atomic E-state index is -3.20. The van der Waals surface area contributed by atoms with E-state index in [-0.39, 0.29) is 18.3 Å². The summed E-state index contributed by atoms with van der Waals surface area (Å²) in [5.41, 5.74) is 1.93. The number of carboxylic acid groups (broad SMARTS) is 1. The van der Waals surface area contributed by atoms with Gasteiger partial charge in [-0.3, -0.25) is 0 Å². The first-order valence-corrected chi connectivity index (χ1v) is 9.90. The lowest BCUT2D eigenvalue weighted by Gasteiger charge is -2.32. The van der Waals surface area contributed by atoms with Gasteiger partial charge in [0.2, 0.25) is 0 Å². The highest BCUT2D eigenvalue weighted by molar-refractivity contribution is 6.67. The minimum absolute atomic E-state index is 0.110. The summed E-state index contributed by atoms with van der Waals surface area (Å²) in [6.07, 6.45) is 1.91. The van der Waals surface area contributed by atoms with E-state index in [1.165, 1.54) is 0 Å². The molecular formula is C16H32O5Si. The predicted molar refractivity (Wildman–Crippen MR) is 89.7 cm³/mol. The van der Waals surface area contributed by atoms with Crippen LogP contribution in [0.4, 0.5) is 0 Å². The molecule has 0 saturated carbocycles. The Morgan fingerprint density at radius 1 is 1.00 bits per heavy atom. The number of hydrogen-bond acceptors (Lipinski definition) is 4. The molecule has 0 amide bonds. The molecule has 0 unspecified atom stereocenters. The van der Waals surface area contributed by atoms with Crippen LogP contribution in [0.25, 0.3) is 0 Å². The van der Waals surface area contributed by atoms with Gasteiger partial charge in [0.05, 0.1) is 0 Å². The third-order valence-electron chi connectivity index (χ3n) is 2.63. The largest absolute Gasteiger partial charge is 0.530 e. The van der Waals surface area contributed by atoms with Crippen LogP contribution in [0.5, 0.6) is 0 Å². The fourth-order valence-corrected chi connectivity index (χ4v) is 5.03. The summed E-state index contributed by atoms with van der Waals surface area (Å²) >= 11 is 0. The van der Waals surface area contributed by atoms with Crippen molar-refractivity contribution < 1.29 is 23.2 Å². The van der Waals surface area contributed by atoms with Gasteiger partial charge in [-0.2, -0.15) is 0 Å². The van der Waals surface area contributed by atoms with Gasteiger partial charge in [-0.05, 0) is 60.1 Å². The second-order valence-electron chi connectivity index (χ2n) is 6.18. The van der Waals surface area contributed by atoms with Gasteiger partial charge >= 0.3 is 14.8 Å². The Morgan fingerprint density at radius 2 is 1.41 bits per heavy atom. The molecule has 22 heavy (non-hydrogen) atoms. The number of carbonyl (C=O) groups is 1. The van der Waals surface area contributed by atoms with Crippen molar-refractivity contribution >= 4 is 14.8 Å². The maximum Gasteiger partial charge on any atom is 0.530 e. The number of aliphatic carboxylic acids is 1. The Bertz CT molecular complexity index is 337. The summed E-state index contributed by atoms with van der Waals surface area (Å²) < 4.78 is 17.9. The van der Waals surface area contributed by atoms with Crippen LogP contribution in [0.15, 0.2) is 11.3 Å². The molecule has 0 atom stereocenters. The lowest BCUT2D eigenvalue weighted by molar-refractivity contribution is -0.132. The molecule has 0 spiro atoms. The average Bonchev–Trinajstić information content (AvgIpc) is 2.31. The lowest BCUT2D eigenvalue weighted by atomic mass is 10.1. The molecule has 0 radical (unpaired) electrons. The summed E-state index contributed by atoms with van der Waals surface area (Å²) in [6.45, 7) is 13.4. The van der Waals surface area contributed by atoms with Crippen molar-refractivity contribution in [3.05, 3.63) is 11.3 Å². The Labute approximate surface area is 136 Å². The van der Waals surface area contributed by atoms with E-state index in [2.05, 4.69) is 0 Å². The van der Waals surface area contributed by atoms with Crippen LogP contribution >= 0.6 is 0 Å². The smallest absolute Gasteiger partial charge is 0.478 e. The first-order valence-electron chi connectivity index (χ1n) is 8.10. The Morgan fingerprint density at radius 3 is 1.68 bits per heavy atom. The molecule has 0 aromatic rings. The maximum absolute atomic E-state index is 11.5. The zero-order valence-corrected chi connectivity index (χ0v) is 16.0. The van der Waals surface area contributed by atoms with E-state index in [9.17, 15) is 9.90 Å². The Kier molecular flexibility index (Phi) is 9.83. The average molecular weight is 333 g/mol. The first kappa shape index (κ1) is 21.3. The van der Waals surface area contributed by atoms with Crippen molar-refractivity contribution in [2.75, 3.05) is 0 Å². The second-order valence-corrected chi connectivity index (χ2v) is 8.38. The molecule has 1 N–H and O–H groups in total. The highest BCUT2D eigenvalue weighted by Crippen LogP contribution is 2.22. The summed E-state index contributed by atoms with van der Waals surface area (Å²) in [5, 5.41) is 9.45. The van der Waals surface area contributed by atoms with Gasteiger partial charge in [0.15, 0.2) is 0 Å². The number of hydrogen-bond donors (Lipinski definition) is 1. The molecule has 0 heterocycles. The topological polar surface area (TPSA) is 65.0 Å². The molecule has 5 nitrogen and oxygen atoms in total. The fraction of sp³-hybridized carbons (Fsp3) is 0.812. The van der Waals surface area contributed by atoms with E-state index in [1.807, 2.05) is 48.5 Å². The lowest BCUT2D eigenvalue weighted by Crippen LogP contribution is -2.50. The SMILES string of the molecule is CCCCC(=C[Si](OC(C)C)(OC(C)C)OC(C)C)C(=O)O. The molecule has 6 heteroatoms. The fourth-order valence-electron chi connectivity index (χ4n) is 1.99. The van der Waals surface area contributed by atoms with Crippen LogP contribution in [0.3, 0.4) is 0 Å². The van der Waals surface area contributed by atoms with Gasteiger partial charge in [0, 0.05) is 23.9 Å². The van der Waals surface area contributed by atoms with Gasteiger partial charge in [0.1, 0.15) is 0 Å². The normalized spacial score (nSPS) is 13.5. The third kappa shape index (κ3) is 8.68. The van der Waals surface area contributed by atoms with Crippen LogP contribution < -0.4 is 0 Å². The standard InChI is InChI=1S/C16H32O5Si/c1-8-9-10-15(16(17)18)11-22(19-12(2)3,20-13(4)5)21-14(6)7/h11-14H,8-10H2,1-7H3,(H,17,18). The maximum atomic E-state index is 11.5. The zero-order valence-electron chi connectivity index (χ0n) is 15.0. The minimum Gasteiger partial charge on any atom is -0.478 e. The van der Waals surface area contributed by atoms with Crippen LogP contribution in [0.1, 0.15) is 67.7 Å². The molecule has 0 aliphatic carbocycles. The van der Waals surface area contributed by atoms with E-state index in [4.69, 9.17) is 13.3 Å². The number of rotatable bonds is 11. The molecular weight excluding hydrogens is 300 g/mol. The highest BCUT2D eigenvalue weighted by atomic mass is 28.4. The summed E-state index contributed by atoms with van der Waals surface area (Å²) in [6, 6.07) is 0. The van der Waals surface area contributed by atoms with Crippen LogP contribution in [0, 0.1) is 0 Å². The highest BCUT2D eigenvalue weighted by Gasteiger charge is 2.43. The van der Waals surface area contributed by atoms with Crippen LogP contribution in [-0.2, 0) is 18.1 Å². The van der Waals surface area contributed by atoms with Crippen molar-refractivity contribution in [3.63, 3.8) is 0 Å². The molecule has 130 valence electrons. The van der Waals surface area contributed by atoms with E-state index >= 15 is 0 Å². The van der Waals surface area contributed by atoms with Crippen molar-refractivity contribution in [2.45, 2.75) is 86.0 Å². The summed E-state index contributed by atoms with van der Waals surface area (Å²) in [5.74, 6) is -0.933. The van der Waals surface area contributed by atoms with E-state index in [0.717, 1.165) is 12.8 Å². The quantitative estimate of drug-likeness (QED) is 0.458. The first-order chi connectivity index (χ1) is 10.1. The third-order valence-corrected chi connectivity index (χ3v) is 5.73. The van der Waals surface area contributed by atoms with E-state index in [0.29, 0.717) is 12.0 Å². The van der Waals surface area contributed by atoms with E-state index in [1.54, 1.807) is 5.70 Å². The Balaban J connectivity index is 5.67. The van der Waals surface area contributed by atoms with Crippen molar-refractivity contribution in [1.29, 1.82) is 0 Å². The van der Waals surface area contributed by atoms with Gasteiger partial charge in [-0.15, -0.1) is 0 Å². The van der Waals surface area contributed by atoms with Crippen molar-refractivity contribution in [2.24, 2.45) is 0 Å². The molecule has 0 fully saturated rings. The van der Waals surface area contributed by atoms with Gasteiger partial charge < -0.3 is 18.4 Å². The molecule has 0 aromatic heterocycles. The van der Waals surface area contributed by atoms with Crippen LogP contribution in [-0.4, -0.2) is 38.2 Å². The van der Waals surface area contributed by atoms with Gasteiger partial charge in [0.25, 0.3) is 0 Å². The van der Waals surface area contributed by atoms with Crippen molar-refractivity contribution in [1.82, 2.24) is 0 Å². The molecule has 0 bridgehead atoms. The van der Waals surface area contributed by atoms with Gasteiger partial charge in [-0.1, -0.05) is 13.3 Å². The number of unbranched alkanes of at least 4 members (excludes halogenated alkanes) is 1. The molecule has 0 aliphatic heterocycles. The van der Waals surface area contributed by atoms with E-state index < -0.39 is 14.8 Å². The van der Waals surface area contributed by atoms with Gasteiger partial charge in [-0.25, -0.2) is 4.79 Å². The number of carboxylic acids is 1. The molecule has 0 aromatic carbocycles. The Hall–Kier alpha value is -0.693. The molecule has 0 rings (SSSR count). The molecule has 0 saturated heterocycles. The predicted octanol–water partition coefficient (Wildman–Crippen LogP) is 3.94. The molecule has 0 aliphatic rings. The summed E-state index contributed by atoms with van der Waals surface area (Å²) in [7, 11) is -3.20. The second kappa shape index (κ2) is 10.2. The van der Waals surface area contributed by atoms with Crippen LogP contribution in [0.2, 0.25) is 0 Å². The zero-order chi connectivity index (χ0) is 17.3. The van der Waals surface area contributed by atoms with Crippen molar-refractivity contribution in [3.8, 4) is 0 Å². The summed E-state index contributed by atoms with van der Waals surface area (Å²) in [4.78, 5) is 11.5. The monoisotopic (exact) mass is 332 g/mol.